The summed E-state index contributed by atoms with van der Waals surface area (Å²) >= 11 is 3.63. The van der Waals surface area contributed by atoms with Gasteiger partial charge in [0.05, 0.1) is 6.20 Å². The van der Waals surface area contributed by atoms with Gasteiger partial charge in [-0.25, -0.2) is 4.39 Å². The monoisotopic (exact) mass is 243 g/mol. The molecule has 3 heteroatoms. The highest BCUT2D eigenvalue weighted by Gasteiger charge is 2.29. The standard InChI is InChI=1S/C10H11BrFN/c11-10(7-1-2-7)5-9-4-3-8(12)6-13-9/h3-4,6-7,10H,1-2,5H2. The summed E-state index contributed by atoms with van der Waals surface area (Å²) in [6, 6.07) is 3.22. The molecule has 1 unspecified atom stereocenters. The van der Waals surface area contributed by atoms with Gasteiger partial charge in [0.2, 0.25) is 0 Å². The molecule has 1 aromatic rings. The molecular weight excluding hydrogens is 233 g/mol. The van der Waals surface area contributed by atoms with E-state index in [0.717, 1.165) is 18.0 Å². The lowest BCUT2D eigenvalue weighted by Gasteiger charge is -2.06. The van der Waals surface area contributed by atoms with E-state index < -0.39 is 0 Å². The molecular formula is C10H11BrFN. The van der Waals surface area contributed by atoms with Crippen molar-refractivity contribution in [3.8, 4) is 0 Å². The molecule has 0 aromatic carbocycles. The van der Waals surface area contributed by atoms with E-state index in [9.17, 15) is 4.39 Å². The van der Waals surface area contributed by atoms with Crippen molar-refractivity contribution in [1.29, 1.82) is 0 Å². The highest BCUT2D eigenvalue weighted by molar-refractivity contribution is 9.09. The summed E-state index contributed by atoms with van der Waals surface area (Å²) < 4.78 is 12.5. The van der Waals surface area contributed by atoms with Crippen LogP contribution in [0.15, 0.2) is 18.3 Å². The van der Waals surface area contributed by atoms with Gasteiger partial charge in [-0.05, 0) is 30.9 Å². The summed E-state index contributed by atoms with van der Waals surface area (Å²) in [5.41, 5.74) is 0.968. The minimum Gasteiger partial charge on any atom is -0.258 e. The largest absolute Gasteiger partial charge is 0.258 e. The van der Waals surface area contributed by atoms with Crippen molar-refractivity contribution in [3.05, 3.63) is 29.8 Å². The second-order valence-corrected chi connectivity index (χ2v) is 4.70. The van der Waals surface area contributed by atoms with Crippen LogP contribution in [0.2, 0.25) is 0 Å². The first-order chi connectivity index (χ1) is 6.25. The van der Waals surface area contributed by atoms with Crippen molar-refractivity contribution in [2.45, 2.75) is 24.1 Å². The van der Waals surface area contributed by atoms with Gasteiger partial charge in [-0.2, -0.15) is 0 Å². The zero-order valence-electron chi connectivity index (χ0n) is 7.21. The third kappa shape index (κ3) is 2.50. The molecule has 2 rings (SSSR count). The molecule has 0 amide bonds. The van der Waals surface area contributed by atoms with E-state index in [1.807, 2.05) is 0 Å². The van der Waals surface area contributed by atoms with Gasteiger partial charge in [-0.1, -0.05) is 15.9 Å². The Kier molecular flexibility index (Phi) is 2.63. The predicted octanol–water partition coefficient (Wildman–Crippen LogP) is 2.94. The van der Waals surface area contributed by atoms with Crippen molar-refractivity contribution in [2.75, 3.05) is 0 Å². The van der Waals surface area contributed by atoms with E-state index in [2.05, 4.69) is 20.9 Å². The Hall–Kier alpha value is -0.440. The first-order valence-corrected chi connectivity index (χ1v) is 5.42. The number of alkyl halides is 1. The molecule has 0 spiro atoms. The van der Waals surface area contributed by atoms with Gasteiger partial charge >= 0.3 is 0 Å². The lowest BCUT2D eigenvalue weighted by molar-refractivity contribution is 0.617. The summed E-state index contributed by atoms with van der Waals surface area (Å²) in [5.74, 6) is 0.549. The maximum atomic E-state index is 12.5. The van der Waals surface area contributed by atoms with Gasteiger partial charge in [0.15, 0.2) is 0 Å². The topological polar surface area (TPSA) is 12.9 Å². The van der Waals surface area contributed by atoms with Crippen LogP contribution in [-0.2, 0) is 6.42 Å². The molecule has 1 atom stereocenters. The fourth-order valence-electron chi connectivity index (χ4n) is 1.35. The summed E-state index contributed by atoms with van der Waals surface area (Å²) in [6.07, 6.45) is 4.82. The molecule has 0 saturated heterocycles. The number of halogens is 2. The van der Waals surface area contributed by atoms with Crippen LogP contribution in [0.25, 0.3) is 0 Å². The Morgan fingerprint density at radius 2 is 2.31 bits per heavy atom. The second kappa shape index (κ2) is 3.74. The minimum atomic E-state index is -0.263. The van der Waals surface area contributed by atoms with Gasteiger partial charge in [0.1, 0.15) is 5.82 Å². The van der Waals surface area contributed by atoms with Crippen LogP contribution in [0, 0.1) is 11.7 Å². The van der Waals surface area contributed by atoms with Crippen LogP contribution in [0.1, 0.15) is 18.5 Å². The van der Waals surface area contributed by atoms with Gasteiger partial charge in [0.25, 0.3) is 0 Å². The van der Waals surface area contributed by atoms with E-state index in [1.165, 1.54) is 25.1 Å². The summed E-state index contributed by atoms with van der Waals surface area (Å²) in [4.78, 5) is 4.54. The molecule has 1 nitrogen and oxygen atoms in total. The molecule has 70 valence electrons. The highest BCUT2D eigenvalue weighted by Crippen LogP contribution is 2.37. The van der Waals surface area contributed by atoms with Gasteiger partial charge in [-0.15, -0.1) is 0 Å². The smallest absolute Gasteiger partial charge is 0.141 e. The first kappa shape index (κ1) is 9.13. The fraction of sp³-hybridized carbons (Fsp3) is 0.500. The molecule has 1 heterocycles. The van der Waals surface area contributed by atoms with Gasteiger partial charge < -0.3 is 0 Å². The quantitative estimate of drug-likeness (QED) is 0.745. The van der Waals surface area contributed by atoms with Crippen molar-refractivity contribution in [2.24, 2.45) is 5.92 Å². The van der Waals surface area contributed by atoms with E-state index >= 15 is 0 Å². The van der Waals surface area contributed by atoms with Crippen molar-refractivity contribution < 1.29 is 4.39 Å². The summed E-state index contributed by atoms with van der Waals surface area (Å²) in [7, 11) is 0. The molecule has 0 radical (unpaired) electrons. The number of hydrogen-bond donors (Lipinski definition) is 0. The zero-order valence-corrected chi connectivity index (χ0v) is 8.80. The third-order valence-electron chi connectivity index (χ3n) is 2.33. The Morgan fingerprint density at radius 3 is 2.85 bits per heavy atom. The molecule has 0 N–H and O–H groups in total. The Labute approximate surface area is 85.5 Å². The molecule has 1 aliphatic carbocycles. The SMILES string of the molecule is Fc1ccc(CC(Br)C2CC2)nc1. The van der Waals surface area contributed by atoms with Crippen molar-refractivity contribution in [1.82, 2.24) is 4.98 Å². The average molecular weight is 244 g/mol. The van der Waals surface area contributed by atoms with Crippen LogP contribution in [0.4, 0.5) is 4.39 Å². The molecule has 1 aliphatic rings. The Balaban J connectivity index is 1.96. The molecule has 1 saturated carbocycles. The maximum Gasteiger partial charge on any atom is 0.141 e. The number of hydrogen-bond acceptors (Lipinski definition) is 1. The second-order valence-electron chi connectivity index (χ2n) is 3.53. The first-order valence-electron chi connectivity index (χ1n) is 4.50. The molecule has 1 fully saturated rings. The molecule has 1 aromatic heterocycles. The number of nitrogens with zero attached hydrogens (tertiary/aromatic N) is 1. The average Bonchev–Trinajstić information content (AvgIpc) is 2.91. The van der Waals surface area contributed by atoms with Gasteiger partial charge in [-0.3, -0.25) is 4.98 Å². The number of rotatable bonds is 3. The van der Waals surface area contributed by atoms with Crippen LogP contribution in [-0.4, -0.2) is 9.81 Å². The van der Waals surface area contributed by atoms with Crippen LogP contribution < -0.4 is 0 Å². The summed E-state index contributed by atoms with van der Waals surface area (Å²) in [5, 5.41) is 0. The van der Waals surface area contributed by atoms with E-state index in [1.54, 1.807) is 6.07 Å². The Morgan fingerprint density at radius 1 is 1.54 bits per heavy atom. The third-order valence-corrected chi connectivity index (χ3v) is 3.40. The van der Waals surface area contributed by atoms with Crippen molar-refractivity contribution >= 4 is 15.9 Å². The highest BCUT2D eigenvalue weighted by atomic mass is 79.9. The number of pyridine rings is 1. The maximum absolute atomic E-state index is 12.5. The molecule has 13 heavy (non-hydrogen) atoms. The van der Waals surface area contributed by atoms with Gasteiger partial charge in [0, 0.05) is 16.9 Å². The predicted molar refractivity (Wildman–Crippen MR) is 53.3 cm³/mol. The molecule has 0 aliphatic heterocycles. The van der Waals surface area contributed by atoms with E-state index in [4.69, 9.17) is 0 Å². The van der Waals surface area contributed by atoms with Crippen LogP contribution >= 0.6 is 15.9 Å². The fourth-order valence-corrected chi connectivity index (χ4v) is 2.21. The lowest BCUT2D eigenvalue weighted by Crippen LogP contribution is -2.06. The Bertz CT molecular complexity index is 281. The van der Waals surface area contributed by atoms with E-state index in [0.29, 0.717) is 4.83 Å². The zero-order chi connectivity index (χ0) is 9.26. The molecule has 0 bridgehead atoms. The normalized spacial score (nSPS) is 18.6. The number of aromatic nitrogens is 1. The minimum absolute atomic E-state index is 0.263. The van der Waals surface area contributed by atoms with E-state index in [-0.39, 0.29) is 5.82 Å². The lowest BCUT2D eigenvalue weighted by atomic mass is 10.1. The van der Waals surface area contributed by atoms with Crippen molar-refractivity contribution in [3.63, 3.8) is 0 Å². The van der Waals surface area contributed by atoms with Crippen LogP contribution in [0.5, 0.6) is 0 Å². The summed E-state index contributed by atoms with van der Waals surface area (Å²) in [6.45, 7) is 0. The van der Waals surface area contributed by atoms with Crippen LogP contribution in [0.3, 0.4) is 0 Å².